The van der Waals surface area contributed by atoms with Crippen molar-refractivity contribution in [2.24, 2.45) is 0 Å². The molecular weight excluding hydrogens is 505 g/mol. The molecule has 4 aromatic carbocycles. The summed E-state index contributed by atoms with van der Waals surface area (Å²) < 4.78 is 0. The van der Waals surface area contributed by atoms with Crippen molar-refractivity contribution in [2.45, 2.75) is 76.0 Å². The molecule has 0 saturated carbocycles. The summed E-state index contributed by atoms with van der Waals surface area (Å²) in [6, 6.07) is 24.6. The summed E-state index contributed by atoms with van der Waals surface area (Å²) in [5.41, 5.74) is 9.39. The van der Waals surface area contributed by atoms with Gasteiger partial charge in [-0.1, -0.05) is 113 Å². The van der Waals surface area contributed by atoms with Crippen LogP contribution >= 0.6 is 25.3 Å². The van der Waals surface area contributed by atoms with Gasteiger partial charge in [-0.2, -0.15) is 13.5 Å². The van der Waals surface area contributed by atoms with Crippen LogP contribution in [-0.2, 0) is 10.8 Å². The van der Waals surface area contributed by atoms with E-state index in [2.05, 4.69) is 91.8 Å². The summed E-state index contributed by atoms with van der Waals surface area (Å²) >= 11 is 1.39. The lowest BCUT2D eigenvalue weighted by atomic mass is 9.81. The molecule has 0 radical (unpaired) electrons. The van der Waals surface area contributed by atoms with E-state index in [0.29, 0.717) is 9.79 Å². The topological polar surface area (TPSA) is 40.5 Å². The predicted molar refractivity (Wildman–Crippen MR) is 168 cm³/mol. The van der Waals surface area contributed by atoms with Crippen molar-refractivity contribution in [1.29, 1.82) is 0 Å². The van der Waals surface area contributed by atoms with Gasteiger partial charge in [0.25, 0.3) is 0 Å². The van der Waals surface area contributed by atoms with Gasteiger partial charge in [-0.3, -0.25) is 0 Å². The van der Waals surface area contributed by atoms with Crippen LogP contribution in [0.2, 0.25) is 0 Å². The summed E-state index contributed by atoms with van der Waals surface area (Å²) in [6.07, 6.45) is 0. The van der Waals surface area contributed by atoms with Crippen molar-refractivity contribution in [3.63, 3.8) is 0 Å². The molecule has 0 aliphatic heterocycles. The zero-order chi connectivity index (χ0) is 27.1. The van der Waals surface area contributed by atoms with Crippen LogP contribution in [0.1, 0.15) is 63.8 Å². The molecule has 0 aromatic heterocycles. The van der Waals surface area contributed by atoms with Gasteiger partial charge in [-0.05, 0) is 82.3 Å². The quantitative estimate of drug-likeness (QED) is 0.268. The van der Waals surface area contributed by atoms with Crippen molar-refractivity contribution >= 4 is 25.3 Å². The Kier molecular flexibility index (Phi) is 8.70. The van der Waals surface area contributed by atoms with Crippen molar-refractivity contribution in [3.05, 3.63) is 95.1 Å². The average molecular weight is 545 g/mol. The van der Waals surface area contributed by atoms with Gasteiger partial charge >= 0.3 is 0 Å². The van der Waals surface area contributed by atoms with E-state index in [9.17, 15) is 10.2 Å². The van der Waals surface area contributed by atoms with E-state index in [1.165, 1.54) is 34.0 Å². The fourth-order valence-corrected chi connectivity index (χ4v) is 5.66. The van der Waals surface area contributed by atoms with Gasteiger partial charge in [-0.25, -0.2) is 0 Å². The molecule has 4 aromatic rings. The lowest BCUT2D eigenvalue weighted by Gasteiger charge is -2.24. The van der Waals surface area contributed by atoms with Crippen LogP contribution in [0.4, 0.5) is 0 Å². The van der Waals surface area contributed by atoms with Crippen LogP contribution in [-0.4, -0.2) is 10.2 Å². The first kappa shape index (κ1) is 29.7. The Morgan fingerprint density at radius 3 is 1.24 bits per heavy atom. The molecule has 0 amide bonds. The van der Waals surface area contributed by atoms with E-state index in [-0.39, 0.29) is 35.8 Å². The molecule has 0 fully saturated rings. The van der Waals surface area contributed by atoms with Crippen molar-refractivity contribution in [3.8, 4) is 33.8 Å². The second-order valence-corrected chi connectivity index (χ2v) is 13.1. The van der Waals surface area contributed by atoms with Gasteiger partial charge < -0.3 is 10.2 Å². The smallest absolute Gasteiger partial charge is 0.129 e. The lowest BCUT2D eigenvalue weighted by Crippen LogP contribution is -2.13. The molecule has 4 rings (SSSR count). The summed E-state index contributed by atoms with van der Waals surface area (Å²) in [5.74, 6) is 0.405. The maximum Gasteiger partial charge on any atom is 0.129 e. The normalized spacial score (nSPS) is 11.8. The summed E-state index contributed by atoms with van der Waals surface area (Å²) in [6.45, 7) is 17.6. The Labute approximate surface area is 239 Å². The minimum Gasteiger partial charge on any atom is -0.507 e. The zero-order valence-electron chi connectivity index (χ0n) is 23.7. The van der Waals surface area contributed by atoms with Gasteiger partial charge in [0.15, 0.2) is 0 Å². The number of rotatable bonds is 4. The largest absolute Gasteiger partial charge is 0.507 e. The maximum atomic E-state index is 10.8. The fourth-order valence-electron chi connectivity index (χ4n) is 4.71. The van der Waals surface area contributed by atoms with Crippen molar-refractivity contribution < 1.29 is 10.2 Å². The zero-order valence-corrected chi connectivity index (χ0v) is 25.5. The Morgan fingerprint density at radius 2 is 0.895 bits per heavy atom. The third-order valence-corrected chi connectivity index (χ3v) is 7.82. The van der Waals surface area contributed by atoms with E-state index >= 15 is 0 Å². The highest BCUT2D eigenvalue weighted by atomic mass is 32.2. The molecule has 4 heteroatoms. The van der Waals surface area contributed by atoms with E-state index in [0.717, 1.165) is 22.3 Å². The Morgan fingerprint density at radius 1 is 0.526 bits per heavy atom. The third-order valence-electron chi connectivity index (χ3n) is 6.73. The van der Waals surface area contributed by atoms with Crippen LogP contribution in [0, 0.1) is 13.8 Å². The SMILES string of the molecule is Cc1ccc(-c2ccc(O)c(Sc3cc(-c4ccc(C)cc4C(C)(C)C)ccc3O)c2)c(C(C)(C)C)c1.S. The molecule has 0 unspecified atom stereocenters. The number of aryl methyl sites for hydroxylation is 2. The van der Waals surface area contributed by atoms with E-state index < -0.39 is 0 Å². The summed E-state index contributed by atoms with van der Waals surface area (Å²) in [4.78, 5) is 1.43. The maximum absolute atomic E-state index is 10.8. The van der Waals surface area contributed by atoms with Crippen LogP contribution in [0.5, 0.6) is 11.5 Å². The van der Waals surface area contributed by atoms with E-state index in [4.69, 9.17) is 0 Å². The van der Waals surface area contributed by atoms with E-state index in [1.807, 2.05) is 24.3 Å². The second-order valence-electron chi connectivity index (χ2n) is 12.1. The molecule has 2 N–H and O–H groups in total. The van der Waals surface area contributed by atoms with Crippen LogP contribution in [0.25, 0.3) is 22.3 Å². The highest BCUT2D eigenvalue weighted by Gasteiger charge is 2.21. The van der Waals surface area contributed by atoms with Crippen molar-refractivity contribution in [2.75, 3.05) is 0 Å². The molecule has 0 atom stereocenters. The number of benzene rings is 4. The van der Waals surface area contributed by atoms with Crippen LogP contribution in [0.3, 0.4) is 0 Å². The number of hydrogen-bond donors (Lipinski definition) is 2. The van der Waals surface area contributed by atoms with Gasteiger partial charge in [-0.15, -0.1) is 0 Å². The highest BCUT2D eigenvalue weighted by Crippen LogP contribution is 2.44. The molecule has 0 saturated heterocycles. The standard InChI is InChI=1S/C34H38O2S.H2S/c1-21-9-13-25(27(17-21)33(3,4)5)23-11-15-29(35)31(19-23)37-32-20-24(12-16-30(32)36)26-14-10-22(2)18-28(26)34(6,7)8;/h9-20,35-36H,1-8H3;1H2. The summed E-state index contributed by atoms with van der Waals surface area (Å²) in [5, 5.41) is 21.5. The Bertz CT molecular complexity index is 1350. The first-order chi connectivity index (χ1) is 17.2. The third kappa shape index (κ3) is 6.42. The van der Waals surface area contributed by atoms with Gasteiger partial charge in [0.2, 0.25) is 0 Å². The molecule has 2 nitrogen and oxygen atoms in total. The van der Waals surface area contributed by atoms with Gasteiger partial charge in [0.05, 0.1) is 9.79 Å². The van der Waals surface area contributed by atoms with Gasteiger partial charge in [0.1, 0.15) is 11.5 Å². The minimum absolute atomic E-state index is 0. The molecule has 0 spiro atoms. The molecule has 0 heterocycles. The number of aromatic hydroxyl groups is 2. The molecule has 38 heavy (non-hydrogen) atoms. The number of phenols is 2. The lowest BCUT2D eigenvalue weighted by molar-refractivity contribution is 0.460. The second kappa shape index (κ2) is 11.1. The number of hydrogen-bond acceptors (Lipinski definition) is 3. The van der Waals surface area contributed by atoms with Crippen LogP contribution in [0.15, 0.2) is 82.6 Å². The average Bonchev–Trinajstić information content (AvgIpc) is 2.81. The predicted octanol–water partition coefficient (Wildman–Crippen LogP) is 9.91. The fraction of sp³-hybridized carbons (Fsp3) is 0.294. The molecule has 200 valence electrons. The first-order valence-corrected chi connectivity index (χ1v) is 13.6. The number of phenolic OH excluding ortho intramolecular Hbond substituents is 2. The van der Waals surface area contributed by atoms with Crippen LogP contribution < -0.4 is 0 Å². The monoisotopic (exact) mass is 544 g/mol. The first-order valence-electron chi connectivity index (χ1n) is 12.8. The molecule has 0 aliphatic rings. The van der Waals surface area contributed by atoms with E-state index in [1.54, 1.807) is 12.1 Å². The molecule has 0 bridgehead atoms. The minimum atomic E-state index is -0.0159. The summed E-state index contributed by atoms with van der Waals surface area (Å²) in [7, 11) is 0. The Balaban J connectivity index is 0.00000400. The Hall–Kier alpha value is -2.82. The van der Waals surface area contributed by atoms with Crippen molar-refractivity contribution in [1.82, 2.24) is 0 Å². The molecule has 0 aliphatic carbocycles. The van der Waals surface area contributed by atoms with Gasteiger partial charge in [0, 0.05) is 0 Å². The molecular formula is C34H40O2S2. The highest BCUT2D eigenvalue weighted by molar-refractivity contribution is 7.99.